The number of hydrogen-bond acceptors (Lipinski definition) is 3. The number of hydrogen-bond donors (Lipinski definition) is 0. The molecule has 0 spiro atoms. The van der Waals surface area contributed by atoms with Gasteiger partial charge in [-0.1, -0.05) is 17.7 Å². The minimum Gasteiger partial charge on any atom is -0.275 e. The maximum atomic E-state index is 8.89. The molecule has 0 saturated heterocycles. The minimum atomic E-state index is 0.447. The van der Waals surface area contributed by atoms with E-state index in [1.165, 1.54) is 4.90 Å². The highest BCUT2D eigenvalue weighted by molar-refractivity contribution is 6.29. The third-order valence-electron chi connectivity index (χ3n) is 1.96. The van der Waals surface area contributed by atoms with Crippen LogP contribution in [0.3, 0.4) is 0 Å². The lowest BCUT2D eigenvalue weighted by Crippen LogP contribution is -2.22. The summed E-state index contributed by atoms with van der Waals surface area (Å²) in [7, 11) is 1.65. The molecule has 78 valence electrons. The summed E-state index contributed by atoms with van der Waals surface area (Å²) < 4.78 is 0. The summed E-state index contributed by atoms with van der Waals surface area (Å²) in [5, 5.41) is 9.34. The molecule has 0 aliphatic heterocycles. The smallest absolute Gasteiger partial charge is 0.185 e. The molecule has 1 rings (SSSR count). The topological polar surface area (TPSA) is 52.3 Å². The van der Waals surface area contributed by atoms with E-state index in [4.69, 9.17) is 16.9 Å². The van der Waals surface area contributed by atoms with Gasteiger partial charge in [0.15, 0.2) is 6.19 Å². The molecule has 0 aromatic carbocycles. The lowest BCUT2D eigenvalue weighted by molar-refractivity contribution is 0.565. The third kappa shape index (κ3) is 3.22. The van der Waals surface area contributed by atoms with Crippen LogP contribution in [0.5, 0.6) is 0 Å². The Morgan fingerprint density at radius 3 is 2.87 bits per heavy atom. The van der Waals surface area contributed by atoms with Crippen LogP contribution in [0.15, 0.2) is 23.3 Å². The average Bonchev–Trinajstić information content (AvgIpc) is 2.27. The zero-order valence-corrected chi connectivity index (χ0v) is 9.36. The number of amidine groups is 1. The molecule has 0 amide bonds. The van der Waals surface area contributed by atoms with E-state index in [2.05, 4.69) is 16.2 Å². The van der Waals surface area contributed by atoms with Crippen molar-refractivity contribution < 1.29 is 0 Å². The van der Waals surface area contributed by atoms with E-state index < -0.39 is 0 Å². The van der Waals surface area contributed by atoms with Crippen molar-refractivity contribution in [3.8, 4) is 6.19 Å². The zero-order valence-electron chi connectivity index (χ0n) is 8.61. The molecule has 0 atom stereocenters. The Labute approximate surface area is 93.8 Å². The summed E-state index contributed by atoms with van der Waals surface area (Å²) in [6, 6.07) is 3.54. The first kappa shape index (κ1) is 11.5. The molecule has 1 heterocycles. The van der Waals surface area contributed by atoms with Crippen LogP contribution in [0.2, 0.25) is 5.15 Å². The minimum absolute atomic E-state index is 0.447. The number of halogens is 1. The van der Waals surface area contributed by atoms with Crippen LogP contribution in [-0.4, -0.2) is 22.8 Å². The fraction of sp³-hybridized carbons (Fsp3) is 0.300. The summed E-state index contributed by atoms with van der Waals surface area (Å²) in [6.45, 7) is 2.25. The van der Waals surface area contributed by atoms with Crippen LogP contribution >= 0.6 is 11.6 Å². The molecule has 0 fully saturated rings. The molecule has 0 saturated carbocycles. The number of aliphatic imine (C=N–C) groups is 1. The normalized spacial score (nSPS) is 10.9. The fourth-order valence-corrected chi connectivity index (χ4v) is 1.14. The lowest BCUT2D eigenvalue weighted by Gasteiger charge is -2.13. The number of rotatable bonds is 2. The molecule has 0 unspecified atom stereocenters. The monoisotopic (exact) mass is 222 g/mol. The van der Waals surface area contributed by atoms with Gasteiger partial charge in [0.05, 0.1) is 6.54 Å². The largest absolute Gasteiger partial charge is 0.275 e. The first-order valence-electron chi connectivity index (χ1n) is 4.38. The average molecular weight is 223 g/mol. The molecule has 0 aliphatic carbocycles. The number of pyridine rings is 1. The van der Waals surface area contributed by atoms with Crippen molar-refractivity contribution in [1.82, 2.24) is 9.88 Å². The highest BCUT2D eigenvalue weighted by Gasteiger charge is 2.06. The zero-order chi connectivity index (χ0) is 11.3. The maximum Gasteiger partial charge on any atom is 0.185 e. The number of nitrogens with zero attached hydrogens (tertiary/aromatic N) is 4. The molecule has 0 N–H and O–H groups in total. The van der Waals surface area contributed by atoms with Crippen molar-refractivity contribution in [2.45, 2.75) is 13.5 Å². The van der Waals surface area contributed by atoms with Gasteiger partial charge in [-0.05, 0) is 18.6 Å². The second kappa shape index (κ2) is 5.32. The maximum absolute atomic E-state index is 8.89. The number of aromatic nitrogens is 1. The summed E-state index contributed by atoms with van der Waals surface area (Å²) >= 11 is 5.66. The van der Waals surface area contributed by atoms with Crippen molar-refractivity contribution in [3.63, 3.8) is 0 Å². The number of nitriles is 1. The first-order valence-corrected chi connectivity index (χ1v) is 4.76. The molecule has 0 radical (unpaired) electrons. The van der Waals surface area contributed by atoms with Crippen LogP contribution in [0.25, 0.3) is 0 Å². The Balaban J connectivity index is 2.77. The standard InChI is InChI=1S/C10H11ClN4/c1-8(13-2)15(7-12)6-9-3-4-10(11)14-5-9/h3-5H,6H2,1-2H3/b13-8-. The van der Waals surface area contributed by atoms with Gasteiger partial charge in [0.25, 0.3) is 0 Å². The van der Waals surface area contributed by atoms with Gasteiger partial charge in [0.2, 0.25) is 0 Å². The molecule has 0 bridgehead atoms. The Kier molecular flexibility index (Phi) is 4.07. The van der Waals surface area contributed by atoms with Gasteiger partial charge in [-0.25, -0.2) is 4.98 Å². The second-order valence-electron chi connectivity index (χ2n) is 2.95. The second-order valence-corrected chi connectivity index (χ2v) is 3.33. The van der Waals surface area contributed by atoms with Crippen molar-refractivity contribution in [3.05, 3.63) is 29.0 Å². The Morgan fingerprint density at radius 1 is 1.67 bits per heavy atom. The van der Waals surface area contributed by atoms with E-state index in [1.807, 2.05) is 6.07 Å². The van der Waals surface area contributed by atoms with Gasteiger partial charge in [-0.2, -0.15) is 5.26 Å². The highest BCUT2D eigenvalue weighted by Crippen LogP contribution is 2.07. The Bertz CT molecular complexity index is 391. The molecular formula is C10H11ClN4. The summed E-state index contributed by atoms with van der Waals surface area (Å²) in [4.78, 5) is 9.38. The summed E-state index contributed by atoms with van der Waals surface area (Å²) in [6.07, 6.45) is 3.71. The summed E-state index contributed by atoms with van der Waals surface area (Å²) in [5.41, 5.74) is 0.920. The van der Waals surface area contributed by atoms with Crippen LogP contribution in [0, 0.1) is 11.5 Å². The van der Waals surface area contributed by atoms with Crippen LogP contribution in [0.4, 0.5) is 0 Å². The highest BCUT2D eigenvalue weighted by atomic mass is 35.5. The molecule has 4 nitrogen and oxygen atoms in total. The molecule has 15 heavy (non-hydrogen) atoms. The van der Waals surface area contributed by atoms with Crippen LogP contribution in [0.1, 0.15) is 12.5 Å². The van der Waals surface area contributed by atoms with Gasteiger partial charge in [0, 0.05) is 13.2 Å². The molecule has 1 aromatic rings. The van der Waals surface area contributed by atoms with Gasteiger partial charge in [0.1, 0.15) is 11.0 Å². The molecule has 0 aliphatic rings. The van der Waals surface area contributed by atoms with E-state index in [0.29, 0.717) is 17.5 Å². The van der Waals surface area contributed by atoms with E-state index in [-0.39, 0.29) is 0 Å². The summed E-state index contributed by atoms with van der Waals surface area (Å²) in [5.74, 6) is 0.674. The molecular weight excluding hydrogens is 212 g/mol. The van der Waals surface area contributed by atoms with Crippen molar-refractivity contribution in [2.24, 2.45) is 4.99 Å². The Hall–Kier alpha value is -1.60. The van der Waals surface area contributed by atoms with Gasteiger partial charge >= 0.3 is 0 Å². The van der Waals surface area contributed by atoms with Crippen molar-refractivity contribution in [1.29, 1.82) is 5.26 Å². The van der Waals surface area contributed by atoms with E-state index in [9.17, 15) is 0 Å². The van der Waals surface area contributed by atoms with E-state index in [1.54, 1.807) is 26.2 Å². The third-order valence-corrected chi connectivity index (χ3v) is 2.19. The molecule has 1 aromatic heterocycles. The van der Waals surface area contributed by atoms with E-state index in [0.717, 1.165) is 5.56 Å². The van der Waals surface area contributed by atoms with Gasteiger partial charge in [-0.3, -0.25) is 9.89 Å². The van der Waals surface area contributed by atoms with Gasteiger partial charge in [-0.15, -0.1) is 0 Å². The van der Waals surface area contributed by atoms with Crippen molar-refractivity contribution >= 4 is 17.4 Å². The predicted octanol–water partition coefficient (Wildman–Crippen LogP) is 2.07. The molecule has 5 heteroatoms. The van der Waals surface area contributed by atoms with E-state index >= 15 is 0 Å². The quantitative estimate of drug-likeness (QED) is 0.253. The van der Waals surface area contributed by atoms with Crippen molar-refractivity contribution in [2.75, 3.05) is 7.05 Å². The Morgan fingerprint density at radius 2 is 2.40 bits per heavy atom. The first-order chi connectivity index (χ1) is 7.17. The van der Waals surface area contributed by atoms with Crippen LogP contribution in [-0.2, 0) is 6.54 Å². The SMILES string of the molecule is C/N=C(/C)N(C#N)Cc1ccc(Cl)nc1. The fourth-order valence-electron chi connectivity index (χ4n) is 1.03. The van der Waals surface area contributed by atoms with Gasteiger partial charge < -0.3 is 0 Å². The lowest BCUT2D eigenvalue weighted by atomic mass is 10.2. The predicted molar refractivity (Wildman–Crippen MR) is 59.4 cm³/mol. The van der Waals surface area contributed by atoms with Crippen LogP contribution < -0.4 is 0 Å².